The van der Waals surface area contributed by atoms with E-state index in [0.717, 1.165) is 37.8 Å². The van der Waals surface area contributed by atoms with Gasteiger partial charge in [-0.1, -0.05) is 5.92 Å². The number of hydrogen-bond acceptors (Lipinski definition) is 6. The highest BCUT2D eigenvalue weighted by Gasteiger charge is 2.39. The third-order valence-corrected chi connectivity index (χ3v) is 6.75. The van der Waals surface area contributed by atoms with Crippen LogP contribution in [0.25, 0.3) is 10.9 Å². The molecule has 7 nitrogen and oxygen atoms in total. The summed E-state index contributed by atoms with van der Waals surface area (Å²) in [6.07, 6.45) is 4.91. The molecular weight excluding hydrogens is 435 g/mol. The number of fused-ring (bicyclic) bond motifs is 1. The van der Waals surface area contributed by atoms with Crippen molar-refractivity contribution in [3.05, 3.63) is 30.1 Å². The number of aliphatic hydroxyl groups excluding tert-OH is 1. The van der Waals surface area contributed by atoms with Crippen LogP contribution in [0.1, 0.15) is 31.2 Å². The minimum absolute atomic E-state index is 0.112. The molecule has 2 heterocycles. The van der Waals surface area contributed by atoms with Gasteiger partial charge in [-0.15, -0.1) is 6.42 Å². The second-order valence-electron chi connectivity index (χ2n) is 8.81. The number of alkyl halides is 3. The number of anilines is 1. The molecule has 0 spiro atoms. The van der Waals surface area contributed by atoms with Gasteiger partial charge in [0.05, 0.1) is 23.7 Å². The number of terminal acetylenes is 1. The van der Waals surface area contributed by atoms with E-state index in [4.69, 9.17) is 12.2 Å². The average molecular weight is 461 g/mol. The number of nitrogens with zero attached hydrogens (tertiary/aromatic N) is 4. The van der Waals surface area contributed by atoms with Crippen molar-refractivity contribution in [2.45, 2.75) is 50.0 Å². The van der Waals surface area contributed by atoms with Crippen LogP contribution < -0.4 is 10.6 Å². The molecular formula is C23H26F3N5O2. The topological polar surface area (TPSA) is 95.6 Å². The molecule has 1 unspecified atom stereocenters. The largest absolute Gasteiger partial charge is 0.416 e. The summed E-state index contributed by atoms with van der Waals surface area (Å²) in [5.41, 5.74) is 5.03. The van der Waals surface area contributed by atoms with E-state index in [1.54, 1.807) is 4.90 Å². The van der Waals surface area contributed by atoms with Crippen LogP contribution in [-0.4, -0.2) is 63.7 Å². The molecule has 4 rings (SSSR count). The van der Waals surface area contributed by atoms with Crippen LogP contribution in [-0.2, 0) is 11.0 Å². The number of likely N-dealkylation sites (tertiary alicyclic amines) is 1. The van der Waals surface area contributed by atoms with Gasteiger partial charge in [-0.2, -0.15) is 13.2 Å². The molecule has 2 aliphatic rings. The zero-order valence-electron chi connectivity index (χ0n) is 18.0. The fraction of sp³-hybridized carbons (Fsp3) is 0.522. The van der Waals surface area contributed by atoms with E-state index < -0.39 is 23.8 Å². The Hall–Kier alpha value is -2.90. The minimum atomic E-state index is -4.51. The number of carbonyl (C=O) groups is 1. The second kappa shape index (κ2) is 9.15. The van der Waals surface area contributed by atoms with Gasteiger partial charge in [-0.05, 0) is 49.8 Å². The molecule has 10 heteroatoms. The van der Waals surface area contributed by atoms with Gasteiger partial charge in [-0.3, -0.25) is 9.69 Å². The molecule has 0 radical (unpaired) electrons. The van der Waals surface area contributed by atoms with E-state index in [9.17, 15) is 23.1 Å². The molecule has 3 N–H and O–H groups in total. The number of carbonyl (C=O) groups excluding carboxylic acids is 1. The summed E-state index contributed by atoms with van der Waals surface area (Å²) in [5.74, 6) is 2.20. The highest BCUT2D eigenvalue weighted by Crippen LogP contribution is 2.36. The van der Waals surface area contributed by atoms with Crippen LogP contribution >= 0.6 is 0 Å². The van der Waals surface area contributed by atoms with Crippen molar-refractivity contribution in [1.82, 2.24) is 14.9 Å². The number of halogens is 3. The smallest absolute Gasteiger partial charge is 0.380 e. The van der Waals surface area contributed by atoms with Gasteiger partial charge >= 0.3 is 6.18 Å². The van der Waals surface area contributed by atoms with Gasteiger partial charge < -0.3 is 15.7 Å². The van der Waals surface area contributed by atoms with Gasteiger partial charge in [0, 0.05) is 24.5 Å². The quantitative estimate of drug-likeness (QED) is 0.641. The summed E-state index contributed by atoms with van der Waals surface area (Å²) in [4.78, 5) is 24.1. The third kappa shape index (κ3) is 4.89. The first-order valence-electron chi connectivity index (χ1n) is 10.9. The number of aromatic nitrogens is 2. The molecule has 33 heavy (non-hydrogen) atoms. The standard InChI is InChI=1S/C23H26F3N5O2/c1-2-20(32)14-3-6-16(7-4-14)30-10-17(11-30)31(12-21(27)33)22-18-9-15(23(24,25)26)5-8-19(18)28-13-29-22/h1,5,8-9,13-14,16-17,20,32H,3-4,6-7,10-12H2,(H2,27,33). The summed E-state index contributed by atoms with van der Waals surface area (Å²) >= 11 is 0. The molecule has 1 aliphatic carbocycles. The highest BCUT2D eigenvalue weighted by molar-refractivity contribution is 5.92. The van der Waals surface area contributed by atoms with E-state index >= 15 is 0 Å². The van der Waals surface area contributed by atoms with Crippen LogP contribution in [0.3, 0.4) is 0 Å². The van der Waals surface area contributed by atoms with Crippen molar-refractivity contribution < 1.29 is 23.1 Å². The van der Waals surface area contributed by atoms with Crippen molar-refractivity contribution in [1.29, 1.82) is 0 Å². The number of amides is 1. The molecule has 1 aliphatic heterocycles. The summed E-state index contributed by atoms with van der Waals surface area (Å²) < 4.78 is 39.9. The van der Waals surface area contributed by atoms with E-state index in [1.165, 1.54) is 12.4 Å². The molecule has 176 valence electrons. The van der Waals surface area contributed by atoms with Crippen LogP contribution in [0.5, 0.6) is 0 Å². The maximum atomic E-state index is 13.3. The van der Waals surface area contributed by atoms with Gasteiger partial charge in [-0.25, -0.2) is 9.97 Å². The monoisotopic (exact) mass is 461 g/mol. The Bertz CT molecular complexity index is 1060. The lowest BCUT2D eigenvalue weighted by molar-refractivity contribution is -0.137. The van der Waals surface area contributed by atoms with Crippen molar-refractivity contribution in [2.75, 3.05) is 24.5 Å². The maximum Gasteiger partial charge on any atom is 0.416 e. The SMILES string of the molecule is C#CC(O)C1CCC(N2CC(N(CC(N)=O)c3ncnc4ccc(C(F)(F)F)cc34)C2)CC1. The first-order chi connectivity index (χ1) is 15.7. The number of aliphatic hydroxyl groups is 1. The number of nitrogens with two attached hydrogens (primary N) is 1. The van der Waals surface area contributed by atoms with E-state index in [0.29, 0.717) is 24.6 Å². The highest BCUT2D eigenvalue weighted by atomic mass is 19.4. The summed E-state index contributed by atoms with van der Waals surface area (Å²) in [7, 11) is 0. The van der Waals surface area contributed by atoms with Crippen molar-refractivity contribution in [2.24, 2.45) is 11.7 Å². The van der Waals surface area contributed by atoms with Crippen LogP contribution in [0, 0.1) is 18.3 Å². The van der Waals surface area contributed by atoms with Gasteiger partial charge in [0.15, 0.2) is 0 Å². The number of hydrogen-bond donors (Lipinski definition) is 2. The lowest BCUT2D eigenvalue weighted by Gasteiger charge is -2.50. The molecule has 1 amide bonds. The fourth-order valence-corrected chi connectivity index (χ4v) is 4.89. The first kappa shape index (κ1) is 23.3. The predicted molar refractivity (Wildman–Crippen MR) is 117 cm³/mol. The average Bonchev–Trinajstić information content (AvgIpc) is 2.75. The van der Waals surface area contributed by atoms with Gasteiger partial charge in [0.2, 0.25) is 5.91 Å². The van der Waals surface area contributed by atoms with Crippen LogP contribution in [0.15, 0.2) is 24.5 Å². The molecule has 0 bridgehead atoms. The third-order valence-electron chi connectivity index (χ3n) is 6.75. The molecule has 1 saturated carbocycles. The number of primary amides is 1. The lowest BCUT2D eigenvalue weighted by atomic mass is 9.81. The summed E-state index contributed by atoms with van der Waals surface area (Å²) in [6.45, 7) is 1.14. The Morgan fingerprint density at radius 1 is 1.27 bits per heavy atom. The van der Waals surface area contributed by atoms with E-state index in [2.05, 4.69) is 20.8 Å². The molecule has 1 atom stereocenters. The Balaban J connectivity index is 1.52. The van der Waals surface area contributed by atoms with Crippen molar-refractivity contribution in [3.8, 4) is 12.3 Å². The predicted octanol–water partition coefficient (Wildman–Crippen LogP) is 2.18. The first-order valence-corrected chi connectivity index (χ1v) is 10.9. The Morgan fingerprint density at radius 3 is 2.58 bits per heavy atom. The zero-order chi connectivity index (χ0) is 23.8. The van der Waals surface area contributed by atoms with Gasteiger partial charge in [0.1, 0.15) is 18.2 Å². The van der Waals surface area contributed by atoms with Crippen molar-refractivity contribution in [3.63, 3.8) is 0 Å². The lowest BCUT2D eigenvalue weighted by Crippen LogP contribution is -2.64. The zero-order valence-corrected chi connectivity index (χ0v) is 18.0. The van der Waals surface area contributed by atoms with E-state index in [1.807, 2.05) is 0 Å². The molecule has 1 aromatic carbocycles. The molecule has 1 aromatic heterocycles. The van der Waals surface area contributed by atoms with Gasteiger partial charge in [0.25, 0.3) is 0 Å². The molecule has 2 fully saturated rings. The maximum absolute atomic E-state index is 13.3. The second-order valence-corrected chi connectivity index (χ2v) is 8.81. The van der Waals surface area contributed by atoms with E-state index in [-0.39, 0.29) is 29.7 Å². The fourth-order valence-electron chi connectivity index (χ4n) is 4.89. The minimum Gasteiger partial charge on any atom is -0.380 e. The normalized spacial score (nSPS) is 23.0. The summed E-state index contributed by atoms with van der Waals surface area (Å²) in [6, 6.07) is 3.54. The number of rotatable bonds is 6. The summed E-state index contributed by atoms with van der Waals surface area (Å²) in [5, 5.41) is 10.1. The van der Waals surface area contributed by atoms with Crippen molar-refractivity contribution >= 4 is 22.6 Å². The Kier molecular flexibility index (Phi) is 6.45. The van der Waals surface area contributed by atoms with Crippen LogP contribution in [0.2, 0.25) is 0 Å². The number of benzene rings is 1. The van der Waals surface area contributed by atoms with Crippen LogP contribution in [0.4, 0.5) is 19.0 Å². The Morgan fingerprint density at radius 2 is 1.97 bits per heavy atom. The Labute approximate surface area is 189 Å². The molecule has 2 aromatic rings. The molecule has 1 saturated heterocycles.